The average Bonchev–Trinajstić information content (AvgIpc) is 2.59. The number of hydrogen-bond acceptors (Lipinski definition) is 2. The Bertz CT molecular complexity index is 742. The SMILES string of the molecule is CC(C)c1ccc(OCC(=O)N2CCCc3ccccc32)c(Br)c1. The molecule has 0 spiro atoms. The minimum atomic E-state index is 0.00184. The summed E-state index contributed by atoms with van der Waals surface area (Å²) in [6.07, 6.45) is 2.03. The summed E-state index contributed by atoms with van der Waals surface area (Å²) in [6.45, 7) is 5.11. The predicted octanol–water partition coefficient (Wildman–Crippen LogP) is 4.93. The second kappa shape index (κ2) is 7.39. The summed E-state index contributed by atoms with van der Waals surface area (Å²) in [5.41, 5.74) is 3.50. The highest BCUT2D eigenvalue weighted by atomic mass is 79.9. The standard InChI is InChI=1S/C20H22BrNO2/c1-14(2)16-9-10-19(17(21)12-16)24-13-20(23)22-11-5-7-15-6-3-4-8-18(15)22/h3-4,6,8-10,12,14H,5,7,11,13H2,1-2H3. The quantitative estimate of drug-likeness (QED) is 0.743. The first kappa shape index (κ1) is 17.0. The van der Waals surface area contributed by atoms with Gasteiger partial charge < -0.3 is 9.64 Å². The zero-order valence-electron chi connectivity index (χ0n) is 14.1. The second-order valence-corrected chi connectivity index (χ2v) is 7.27. The summed E-state index contributed by atoms with van der Waals surface area (Å²) < 4.78 is 6.65. The number of carbonyl (C=O) groups is 1. The van der Waals surface area contributed by atoms with E-state index in [1.165, 1.54) is 11.1 Å². The number of rotatable bonds is 4. The van der Waals surface area contributed by atoms with Crippen LogP contribution in [0.1, 0.15) is 37.3 Å². The summed E-state index contributed by atoms with van der Waals surface area (Å²) in [7, 11) is 0. The molecule has 3 nitrogen and oxygen atoms in total. The van der Waals surface area contributed by atoms with Crippen LogP contribution in [-0.4, -0.2) is 19.1 Å². The van der Waals surface area contributed by atoms with Crippen LogP contribution in [0.15, 0.2) is 46.9 Å². The van der Waals surface area contributed by atoms with E-state index in [0.29, 0.717) is 11.7 Å². The lowest BCUT2D eigenvalue weighted by Crippen LogP contribution is -2.38. The smallest absolute Gasteiger partial charge is 0.264 e. The summed E-state index contributed by atoms with van der Waals surface area (Å²) >= 11 is 3.54. The summed E-state index contributed by atoms with van der Waals surface area (Å²) in [5.74, 6) is 1.17. The van der Waals surface area contributed by atoms with Crippen molar-refractivity contribution in [3.05, 3.63) is 58.1 Å². The fraction of sp³-hybridized carbons (Fsp3) is 0.350. The first-order chi connectivity index (χ1) is 11.6. The van der Waals surface area contributed by atoms with Crippen LogP contribution in [0.25, 0.3) is 0 Å². The molecule has 0 bridgehead atoms. The minimum Gasteiger partial charge on any atom is -0.483 e. The van der Waals surface area contributed by atoms with Crippen molar-refractivity contribution in [2.45, 2.75) is 32.6 Å². The number of amides is 1. The number of para-hydroxylation sites is 1. The van der Waals surface area contributed by atoms with Crippen LogP contribution >= 0.6 is 15.9 Å². The van der Waals surface area contributed by atoms with Gasteiger partial charge in [-0.1, -0.05) is 38.1 Å². The maximum Gasteiger partial charge on any atom is 0.264 e. The number of anilines is 1. The zero-order valence-corrected chi connectivity index (χ0v) is 15.7. The predicted molar refractivity (Wildman–Crippen MR) is 101 cm³/mol. The van der Waals surface area contributed by atoms with Gasteiger partial charge in [0.2, 0.25) is 0 Å². The van der Waals surface area contributed by atoms with E-state index in [-0.39, 0.29) is 12.5 Å². The normalized spacial score (nSPS) is 13.8. The number of hydrogen-bond donors (Lipinski definition) is 0. The Labute approximate surface area is 151 Å². The van der Waals surface area contributed by atoms with Gasteiger partial charge in [0.05, 0.1) is 4.47 Å². The largest absolute Gasteiger partial charge is 0.483 e. The summed E-state index contributed by atoms with van der Waals surface area (Å²) in [6, 6.07) is 14.1. The van der Waals surface area contributed by atoms with Crippen LogP contribution in [0, 0.1) is 0 Å². The lowest BCUT2D eigenvalue weighted by atomic mass is 10.0. The second-order valence-electron chi connectivity index (χ2n) is 6.41. The maximum atomic E-state index is 12.6. The van der Waals surface area contributed by atoms with E-state index >= 15 is 0 Å². The van der Waals surface area contributed by atoms with E-state index in [2.05, 4.69) is 41.9 Å². The van der Waals surface area contributed by atoms with E-state index in [0.717, 1.165) is 29.5 Å². The van der Waals surface area contributed by atoms with Crippen molar-refractivity contribution >= 4 is 27.5 Å². The van der Waals surface area contributed by atoms with E-state index in [1.54, 1.807) is 0 Å². The molecule has 0 N–H and O–H groups in total. The zero-order chi connectivity index (χ0) is 17.1. The molecule has 0 aliphatic carbocycles. The van der Waals surface area contributed by atoms with Gasteiger partial charge in [-0.2, -0.15) is 0 Å². The molecule has 1 heterocycles. The summed E-state index contributed by atoms with van der Waals surface area (Å²) in [5, 5.41) is 0. The van der Waals surface area contributed by atoms with E-state index < -0.39 is 0 Å². The van der Waals surface area contributed by atoms with Crippen molar-refractivity contribution in [2.75, 3.05) is 18.1 Å². The van der Waals surface area contributed by atoms with Crippen molar-refractivity contribution < 1.29 is 9.53 Å². The molecule has 24 heavy (non-hydrogen) atoms. The van der Waals surface area contributed by atoms with Crippen molar-refractivity contribution in [1.29, 1.82) is 0 Å². The van der Waals surface area contributed by atoms with Gasteiger partial charge in [-0.15, -0.1) is 0 Å². The fourth-order valence-corrected chi connectivity index (χ4v) is 3.51. The third-order valence-electron chi connectivity index (χ3n) is 4.39. The van der Waals surface area contributed by atoms with E-state index in [4.69, 9.17) is 4.74 Å². The molecule has 0 atom stereocenters. The Hall–Kier alpha value is -1.81. The third kappa shape index (κ3) is 3.64. The van der Waals surface area contributed by atoms with Crippen LogP contribution in [0.4, 0.5) is 5.69 Å². The molecule has 1 aliphatic heterocycles. The van der Waals surface area contributed by atoms with Gasteiger partial charge in [-0.25, -0.2) is 0 Å². The maximum absolute atomic E-state index is 12.6. The molecule has 3 rings (SSSR count). The molecular weight excluding hydrogens is 366 g/mol. The molecule has 0 saturated carbocycles. The topological polar surface area (TPSA) is 29.5 Å². The van der Waals surface area contributed by atoms with Crippen LogP contribution in [0.2, 0.25) is 0 Å². The van der Waals surface area contributed by atoms with Crippen molar-refractivity contribution in [3.8, 4) is 5.75 Å². The minimum absolute atomic E-state index is 0.00184. The fourth-order valence-electron chi connectivity index (χ4n) is 3.00. The van der Waals surface area contributed by atoms with Gasteiger partial charge in [0.25, 0.3) is 5.91 Å². The van der Waals surface area contributed by atoms with Crippen LogP contribution in [0.3, 0.4) is 0 Å². The highest BCUT2D eigenvalue weighted by molar-refractivity contribution is 9.10. The molecule has 2 aromatic rings. The highest BCUT2D eigenvalue weighted by Gasteiger charge is 2.22. The van der Waals surface area contributed by atoms with Crippen molar-refractivity contribution in [1.82, 2.24) is 0 Å². The first-order valence-electron chi connectivity index (χ1n) is 8.37. The van der Waals surface area contributed by atoms with E-state index in [1.807, 2.05) is 35.2 Å². The number of ether oxygens (including phenoxy) is 1. The van der Waals surface area contributed by atoms with Crippen LogP contribution in [0.5, 0.6) is 5.75 Å². The lowest BCUT2D eigenvalue weighted by Gasteiger charge is -2.29. The molecule has 1 amide bonds. The average molecular weight is 388 g/mol. The van der Waals surface area contributed by atoms with E-state index in [9.17, 15) is 4.79 Å². The molecule has 4 heteroatoms. The van der Waals surface area contributed by atoms with Crippen LogP contribution in [-0.2, 0) is 11.2 Å². The molecule has 126 valence electrons. The van der Waals surface area contributed by atoms with Crippen molar-refractivity contribution in [3.63, 3.8) is 0 Å². The number of nitrogens with zero attached hydrogens (tertiary/aromatic N) is 1. The van der Waals surface area contributed by atoms with Gasteiger partial charge in [0, 0.05) is 12.2 Å². The number of halogens is 1. The molecule has 0 radical (unpaired) electrons. The molecule has 1 aliphatic rings. The monoisotopic (exact) mass is 387 g/mol. The summed E-state index contributed by atoms with van der Waals surface area (Å²) in [4.78, 5) is 14.4. The van der Waals surface area contributed by atoms with Crippen molar-refractivity contribution in [2.24, 2.45) is 0 Å². The van der Waals surface area contributed by atoms with Gasteiger partial charge in [0.1, 0.15) is 5.75 Å². The number of aryl methyl sites for hydroxylation is 1. The number of carbonyl (C=O) groups excluding carboxylic acids is 1. The number of benzene rings is 2. The Morgan fingerprint density at radius 3 is 2.79 bits per heavy atom. The Morgan fingerprint density at radius 2 is 2.04 bits per heavy atom. The molecule has 0 fully saturated rings. The Morgan fingerprint density at radius 1 is 1.25 bits per heavy atom. The molecular formula is C20H22BrNO2. The highest BCUT2D eigenvalue weighted by Crippen LogP contribution is 2.30. The third-order valence-corrected chi connectivity index (χ3v) is 5.00. The molecule has 0 aromatic heterocycles. The first-order valence-corrected chi connectivity index (χ1v) is 9.16. The molecule has 2 aromatic carbocycles. The lowest BCUT2D eigenvalue weighted by molar-refractivity contribution is -0.120. The molecule has 0 unspecified atom stereocenters. The number of fused-ring (bicyclic) bond motifs is 1. The Kier molecular flexibility index (Phi) is 5.24. The van der Waals surface area contributed by atoms with Gasteiger partial charge in [-0.3, -0.25) is 4.79 Å². The van der Waals surface area contributed by atoms with Gasteiger partial charge in [0.15, 0.2) is 6.61 Å². The Balaban J connectivity index is 1.69. The molecule has 0 saturated heterocycles. The van der Waals surface area contributed by atoms with Gasteiger partial charge in [-0.05, 0) is 64.0 Å². The van der Waals surface area contributed by atoms with Gasteiger partial charge >= 0.3 is 0 Å². The van der Waals surface area contributed by atoms with Crippen LogP contribution < -0.4 is 9.64 Å².